The van der Waals surface area contributed by atoms with Crippen LogP contribution >= 0.6 is 0 Å². The topological polar surface area (TPSA) is 108 Å². The highest BCUT2D eigenvalue weighted by Crippen LogP contribution is 2.24. The minimum Gasteiger partial charge on any atom is -0.489 e. The smallest absolute Gasteiger partial charge is 0.328 e. The van der Waals surface area contributed by atoms with Crippen molar-refractivity contribution in [1.29, 1.82) is 5.26 Å². The normalized spacial score (nSPS) is 10.5. The maximum Gasteiger partial charge on any atom is 0.328 e. The molecule has 2 aromatic heterocycles. The number of carbonyl (C=O) groups excluding carboxylic acids is 2. The number of alkyl halides is 2. The molecule has 2 aromatic rings. The summed E-state index contributed by atoms with van der Waals surface area (Å²) in [4.78, 5) is 32.2. The summed E-state index contributed by atoms with van der Waals surface area (Å²) in [5.74, 6) is 0.371. The Morgan fingerprint density at radius 2 is 2.11 bits per heavy atom. The van der Waals surface area contributed by atoms with Gasteiger partial charge in [-0.15, -0.1) is 0 Å². The second-order valence-electron chi connectivity index (χ2n) is 5.90. The second-order valence-corrected chi connectivity index (χ2v) is 5.90. The lowest BCUT2D eigenvalue weighted by atomic mass is 10.2. The van der Waals surface area contributed by atoms with E-state index in [1.54, 1.807) is 13.8 Å². The number of carbonyl (C=O) groups is 2. The number of nitriles is 1. The molecule has 10 heteroatoms. The first-order chi connectivity index (χ1) is 13.3. The summed E-state index contributed by atoms with van der Waals surface area (Å²) < 4.78 is 31.2. The van der Waals surface area contributed by atoms with Crippen LogP contribution in [0.2, 0.25) is 0 Å². The first-order valence-electron chi connectivity index (χ1n) is 8.12. The van der Waals surface area contributed by atoms with Crippen LogP contribution in [0, 0.1) is 11.3 Å². The number of amides is 2. The molecule has 2 amide bonds. The Bertz CT molecular complexity index is 928. The molecule has 0 saturated heterocycles. The molecule has 0 aliphatic heterocycles. The first-order valence-corrected chi connectivity index (χ1v) is 8.12. The van der Waals surface area contributed by atoms with Crippen molar-refractivity contribution in [3.8, 4) is 11.8 Å². The van der Waals surface area contributed by atoms with Crippen LogP contribution in [-0.2, 0) is 0 Å². The Morgan fingerprint density at radius 1 is 1.39 bits per heavy atom. The van der Waals surface area contributed by atoms with Gasteiger partial charge < -0.3 is 4.74 Å². The number of pyridine rings is 2. The second kappa shape index (κ2) is 8.85. The number of rotatable bonds is 6. The van der Waals surface area contributed by atoms with E-state index in [9.17, 15) is 18.4 Å². The fourth-order valence-corrected chi connectivity index (χ4v) is 2.18. The number of anilines is 2. The Balaban J connectivity index is 2.23. The van der Waals surface area contributed by atoms with E-state index in [2.05, 4.69) is 15.3 Å². The lowest BCUT2D eigenvalue weighted by molar-refractivity contribution is 0.110. The van der Waals surface area contributed by atoms with Crippen LogP contribution in [0.5, 0.6) is 5.75 Å². The maximum absolute atomic E-state index is 12.8. The van der Waals surface area contributed by atoms with Crippen molar-refractivity contribution < 1.29 is 23.1 Å². The van der Waals surface area contributed by atoms with Gasteiger partial charge in [0.15, 0.2) is 6.29 Å². The van der Waals surface area contributed by atoms with E-state index < -0.39 is 23.7 Å². The molecular weight excluding hydrogens is 372 g/mol. The third-order valence-electron chi connectivity index (χ3n) is 3.52. The van der Waals surface area contributed by atoms with E-state index in [1.165, 1.54) is 25.4 Å². The summed E-state index contributed by atoms with van der Waals surface area (Å²) in [5, 5.41) is 11.6. The van der Waals surface area contributed by atoms with Crippen molar-refractivity contribution in [1.82, 2.24) is 9.97 Å². The third-order valence-corrected chi connectivity index (χ3v) is 3.52. The molecule has 0 spiro atoms. The Hall–Kier alpha value is -3.61. The zero-order valence-electron chi connectivity index (χ0n) is 15.3. The van der Waals surface area contributed by atoms with Gasteiger partial charge in [-0.1, -0.05) is 0 Å². The molecule has 0 aliphatic carbocycles. The van der Waals surface area contributed by atoms with Gasteiger partial charge in [0.2, 0.25) is 0 Å². The van der Waals surface area contributed by atoms with Crippen molar-refractivity contribution in [3.63, 3.8) is 0 Å². The Kier molecular flexibility index (Phi) is 6.55. The fraction of sp³-hybridized carbons (Fsp3) is 0.278. The average Bonchev–Trinajstić information content (AvgIpc) is 2.66. The molecule has 8 nitrogen and oxygen atoms in total. The number of aldehydes is 1. The summed E-state index contributed by atoms with van der Waals surface area (Å²) in [6, 6.07) is 4.90. The maximum atomic E-state index is 12.8. The van der Waals surface area contributed by atoms with Crippen LogP contribution in [0.25, 0.3) is 0 Å². The standard InChI is InChI=1S/C18H17F2N5O3/c1-10(2)28-14-6-15(22-8-11(14)7-21)24-18(27)25(3)16-5-4-12(17(19)20)13(9-26)23-16/h4-6,8-10,17H,1-3H3,(H,22,24,27). The number of hydrogen-bond acceptors (Lipinski definition) is 6. The van der Waals surface area contributed by atoms with E-state index in [1.807, 2.05) is 6.07 Å². The van der Waals surface area contributed by atoms with Crippen LogP contribution in [0.3, 0.4) is 0 Å². The lowest BCUT2D eigenvalue weighted by Crippen LogP contribution is -2.32. The monoisotopic (exact) mass is 389 g/mol. The van der Waals surface area contributed by atoms with Crippen molar-refractivity contribution in [2.75, 3.05) is 17.3 Å². The van der Waals surface area contributed by atoms with E-state index >= 15 is 0 Å². The Morgan fingerprint density at radius 3 is 2.68 bits per heavy atom. The minimum atomic E-state index is -2.86. The van der Waals surface area contributed by atoms with Gasteiger partial charge in [-0.25, -0.2) is 23.5 Å². The lowest BCUT2D eigenvalue weighted by Gasteiger charge is -2.18. The summed E-state index contributed by atoms with van der Waals surface area (Å²) in [5.41, 5.74) is -0.756. The zero-order chi connectivity index (χ0) is 20.8. The minimum absolute atomic E-state index is 0.00343. The SMILES string of the molecule is CC(C)Oc1cc(NC(=O)N(C)c2ccc(C(F)F)c(C=O)n2)ncc1C#N. The van der Waals surface area contributed by atoms with Crippen molar-refractivity contribution in [2.45, 2.75) is 26.4 Å². The van der Waals surface area contributed by atoms with Crippen LogP contribution in [0.1, 0.15) is 41.9 Å². The van der Waals surface area contributed by atoms with E-state index in [-0.39, 0.29) is 35.3 Å². The molecular formula is C18H17F2N5O3. The summed E-state index contributed by atoms with van der Waals surface area (Å²) in [7, 11) is 1.35. The van der Waals surface area contributed by atoms with Crippen LogP contribution < -0.4 is 15.0 Å². The molecule has 0 unspecified atom stereocenters. The van der Waals surface area contributed by atoms with Gasteiger partial charge in [0.25, 0.3) is 6.43 Å². The molecule has 1 N–H and O–H groups in total. The highest BCUT2D eigenvalue weighted by atomic mass is 19.3. The van der Waals surface area contributed by atoms with Crippen LogP contribution in [0.15, 0.2) is 24.4 Å². The highest BCUT2D eigenvalue weighted by Gasteiger charge is 2.19. The summed E-state index contributed by atoms with van der Waals surface area (Å²) in [6.45, 7) is 3.57. The molecule has 0 radical (unpaired) electrons. The van der Waals surface area contributed by atoms with Crippen LogP contribution in [0.4, 0.5) is 25.2 Å². The van der Waals surface area contributed by atoms with E-state index in [0.29, 0.717) is 0 Å². The number of nitrogens with one attached hydrogen (secondary N) is 1. The third kappa shape index (κ3) is 4.76. The Labute approximate surface area is 159 Å². The molecule has 0 atom stereocenters. The predicted molar refractivity (Wildman–Crippen MR) is 96.7 cm³/mol. The average molecular weight is 389 g/mol. The molecule has 0 fully saturated rings. The van der Waals surface area contributed by atoms with Crippen LogP contribution in [-0.4, -0.2) is 35.4 Å². The van der Waals surface area contributed by atoms with Crippen molar-refractivity contribution >= 4 is 24.0 Å². The van der Waals surface area contributed by atoms with Gasteiger partial charge in [-0.2, -0.15) is 5.26 Å². The fourth-order valence-electron chi connectivity index (χ4n) is 2.18. The largest absolute Gasteiger partial charge is 0.489 e. The molecule has 0 bridgehead atoms. The van der Waals surface area contributed by atoms with Crippen molar-refractivity contribution in [2.24, 2.45) is 0 Å². The molecule has 0 saturated carbocycles. The highest BCUT2D eigenvalue weighted by molar-refractivity contribution is 6.00. The van der Waals surface area contributed by atoms with Gasteiger partial charge in [0.05, 0.1) is 12.3 Å². The van der Waals surface area contributed by atoms with Gasteiger partial charge >= 0.3 is 6.03 Å². The first kappa shape index (κ1) is 20.7. The number of hydrogen-bond donors (Lipinski definition) is 1. The quantitative estimate of drug-likeness (QED) is 0.757. The molecule has 146 valence electrons. The molecule has 2 rings (SSSR count). The van der Waals surface area contributed by atoms with Crippen molar-refractivity contribution in [3.05, 3.63) is 41.2 Å². The van der Waals surface area contributed by atoms with E-state index in [0.717, 1.165) is 11.0 Å². The predicted octanol–water partition coefficient (Wildman–Crippen LogP) is 3.55. The number of urea groups is 1. The number of aromatic nitrogens is 2. The van der Waals surface area contributed by atoms with Gasteiger partial charge in [0, 0.05) is 18.7 Å². The number of halogens is 2. The number of ether oxygens (including phenoxy) is 1. The molecule has 28 heavy (non-hydrogen) atoms. The van der Waals surface area contributed by atoms with E-state index in [4.69, 9.17) is 10.00 Å². The van der Waals surface area contributed by atoms with Gasteiger partial charge in [0.1, 0.15) is 34.7 Å². The molecule has 2 heterocycles. The zero-order valence-corrected chi connectivity index (χ0v) is 15.3. The summed E-state index contributed by atoms with van der Waals surface area (Å²) in [6.07, 6.45) is -1.59. The summed E-state index contributed by atoms with van der Waals surface area (Å²) >= 11 is 0. The van der Waals surface area contributed by atoms with Gasteiger partial charge in [-0.05, 0) is 26.0 Å². The number of nitrogens with zero attached hydrogens (tertiary/aromatic N) is 4. The van der Waals surface area contributed by atoms with Gasteiger partial charge in [-0.3, -0.25) is 15.0 Å². The molecule has 0 aromatic carbocycles. The molecule has 0 aliphatic rings.